The number of rotatable bonds is 5. The molecule has 5 rings (SSSR count). The average Bonchev–Trinajstić information content (AvgIpc) is 3.46. The van der Waals surface area contributed by atoms with E-state index in [2.05, 4.69) is 32.3 Å². The predicted octanol–water partition coefficient (Wildman–Crippen LogP) is 5.71. The summed E-state index contributed by atoms with van der Waals surface area (Å²) in [5.41, 5.74) is 3.27. The molecular formula is C23H19N5OS. The molecular weight excluding hydrogens is 394 g/mol. The van der Waals surface area contributed by atoms with Gasteiger partial charge in [-0.25, -0.2) is 4.98 Å². The molecule has 1 aromatic carbocycles. The highest BCUT2D eigenvalue weighted by Crippen LogP contribution is 2.39. The average molecular weight is 414 g/mol. The number of fused-ring (bicyclic) bond motifs is 2. The summed E-state index contributed by atoms with van der Waals surface area (Å²) in [6, 6.07) is 16.4. The van der Waals surface area contributed by atoms with Crippen molar-refractivity contribution < 1.29 is 4.42 Å². The van der Waals surface area contributed by atoms with Gasteiger partial charge in [0.15, 0.2) is 0 Å². The van der Waals surface area contributed by atoms with E-state index in [1.54, 1.807) is 17.5 Å². The number of thiophene rings is 1. The number of anilines is 2. The van der Waals surface area contributed by atoms with E-state index in [0.717, 1.165) is 55.4 Å². The zero-order valence-corrected chi connectivity index (χ0v) is 17.4. The van der Waals surface area contributed by atoms with Crippen LogP contribution in [0.25, 0.3) is 31.8 Å². The van der Waals surface area contributed by atoms with Gasteiger partial charge >= 0.3 is 0 Å². The summed E-state index contributed by atoms with van der Waals surface area (Å²) in [5.74, 6) is 1.73. The van der Waals surface area contributed by atoms with Crippen LogP contribution < -0.4 is 5.32 Å². The predicted molar refractivity (Wildman–Crippen MR) is 121 cm³/mol. The molecule has 0 aliphatic carbocycles. The SMILES string of the molecule is CN(C)Cc1ccc(-c2cc3c(Nc4ccc5[nH]ccc5c4)c(C#N)cnc3s2)o1. The van der Waals surface area contributed by atoms with E-state index in [0.29, 0.717) is 5.56 Å². The molecule has 6 nitrogen and oxygen atoms in total. The quantitative estimate of drug-likeness (QED) is 0.385. The molecule has 0 aliphatic rings. The molecule has 0 spiro atoms. The minimum absolute atomic E-state index is 0.508. The standard InChI is InChI=1S/C23H19N5OS/c1-28(2)13-17-4-6-20(29-17)21-10-18-22(15(11-24)12-26-23(18)30-21)27-16-3-5-19-14(9-16)7-8-25-19/h3-10,12,25H,13H2,1-2H3,(H,26,27). The van der Waals surface area contributed by atoms with Crippen LogP contribution in [0.4, 0.5) is 11.4 Å². The molecule has 148 valence electrons. The molecule has 5 aromatic rings. The Morgan fingerprint density at radius 2 is 2.10 bits per heavy atom. The van der Waals surface area contributed by atoms with Crippen LogP contribution in [0.1, 0.15) is 11.3 Å². The molecule has 7 heteroatoms. The third-order valence-corrected chi connectivity index (χ3v) is 5.94. The van der Waals surface area contributed by atoms with Crippen molar-refractivity contribution in [2.45, 2.75) is 6.54 Å². The summed E-state index contributed by atoms with van der Waals surface area (Å²) < 4.78 is 6.02. The van der Waals surface area contributed by atoms with Crippen molar-refractivity contribution in [2.24, 2.45) is 0 Å². The monoisotopic (exact) mass is 413 g/mol. The molecule has 30 heavy (non-hydrogen) atoms. The van der Waals surface area contributed by atoms with Gasteiger partial charge in [0, 0.05) is 34.4 Å². The van der Waals surface area contributed by atoms with Gasteiger partial charge in [0.05, 0.1) is 22.7 Å². The summed E-state index contributed by atoms with van der Waals surface area (Å²) in [6.07, 6.45) is 3.54. The van der Waals surface area contributed by atoms with Crippen LogP contribution in [-0.2, 0) is 6.54 Å². The first kappa shape index (κ1) is 18.4. The van der Waals surface area contributed by atoms with Crippen LogP contribution in [0, 0.1) is 11.3 Å². The Labute approximate surface area is 177 Å². The van der Waals surface area contributed by atoms with E-state index in [-0.39, 0.29) is 0 Å². The Morgan fingerprint density at radius 1 is 1.20 bits per heavy atom. The molecule has 0 saturated carbocycles. The van der Waals surface area contributed by atoms with Crippen molar-refractivity contribution in [2.75, 3.05) is 19.4 Å². The first-order valence-corrected chi connectivity index (χ1v) is 10.3. The van der Waals surface area contributed by atoms with E-state index in [9.17, 15) is 5.26 Å². The van der Waals surface area contributed by atoms with Gasteiger partial charge in [0.2, 0.25) is 0 Å². The van der Waals surface area contributed by atoms with Crippen molar-refractivity contribution in [3.05, 3.63) is 66.2 Å². The van der Waals surface area contributed by atoms with Gasteiger partial charge in [-0.15, -0.1) is 11.3 Å². The summed E-state index contributed by atoms with van der Waals surface area (Å²) >= 11 is 1.56. The number of nitriles is 1. The van der Waals surface area contributed by atoms with E-state index < -0.39 is 0 Å². The first-order valence-electron chi connectivity index (χ1n) is 9.51. The van der Waals surface area contributed by atoms with E-state index in [1.807, 2.05) is 56.7 Å². The summed E-state index contributed by atoms with van der Waals surface area (Å²) in [5, 5.41) is 15.1. The minimum Gasteiger partial charge on any atom is -0.459 e. The molecule has 0 unspecified atom stereocenters. The highest BCUT2D eigenvalue weighted by Gasteiger charge is 2.16. The van der Waals surface area contributed by atoms with Crippen LogP contribution in [0.15, 0.2) is 59.3 Å². The molecule has 4 heterocycles. The highest BCUT2D eigenvalue weighted by molar-refractivity contribution is 7.21. The number of furan rings is 1. The normalized spacial score (nSPS) is 11.4. The molecule has 0 atom stereocenters. The second-order valence-electron chi connectivity index (χ2n) is 7.40. The molecule has 0 radical (unpaired) electrons. The Morgan fingerprint density at radius 3 is 2.93 bits per heavy atom. The fraction of sp³-hybridized carbons (Fsp3) is 0.130. The second-order valence-corrected chi connectivity index (χ2v) is 8.43. The van der Waals surface area contributed by atoms with Crippen molar-refractivity contribution in [3.8, 4) is 16.7 Å². The van der Waals surface area contributed by atoms with Gasteiger partial charge in [0.1, 0.15) is 22.4 Å². The molecule has 4 aromatic heterocycles. The lowest BCUT2D eigenvalue weighted by molar-refractivity contribution is 0.353. The summed E-state index contributed by atoms with van der Waals surface area (Å²) in [6.45, 7) is 0.746. The Balaban J connectivity index is 1.56. The largest absolute Gasteiger partial charge is 0.459 e. The minimum atomic E-state index is 0.508. The molecule has 0 bridgehead atoms. The van der Waals surface area contributed by atoms with Crippen molar-refractivity contribution in [1.29, 1.82) is 5.26 Å². The molecule has 2 N–H and O–H groups in total. The number of nitrogens with zero attached hydrogens (tertiary/aromatic N) is 3. The lowest BCUT2D eigenvalue weighted by Crippen LogP contribution is -2.09. The van der Waals surface area contributed by atoms with Crippen LogP contribution in [0.2, 0.25) is 0 Å². The van der Waals surface area contributed by atoms with Crippen LogP contribution >= 0.6 is 11.3 Å². The Bertz CT molecular complexity index is 1400. The zero-order chi connectivity index (χ0) is 20.7. The number of aromatic nitrogens is 2. The fourth-order valence-corrected chi connectivity index (χ4v) is 4.48. The Kier molecular flexibility index (Phi) is 4.51. The lowest BCUT2D eigenvalue weighted by Gasteiger charge is -2.09. The number of benzene rings is 1. The molecule has 0 aliphatic heterocycles. The third kappa shape index (κ3) is 3.32. The first-order chi connectivity index (χ1) is 14.6. The zero-order valence-electron chi connectivity index (χ0n) is 16.6. The number of hydrogen-bond donors (Lipinski definition) is 2. The van der Waals surface area contributed by atoms with E-state index in [1.165, 1.54) is 0 Å². The smallest absolute Gasteiger partial charge is 0.144 e. The molecule has 0 fully saturated rings. The van der Waals surface area contributed by atoms with Crippen LogP contribution in [-0.4, -0.2) is 29.0 Å². The van der Waals surface area contributed by atoms with Crippen LogP contribution in [0.5, 0.6) is 0 Å². The topological polar surface area (TPSA) is 80.9 Å². The number of hydrogen-bond acceptors (Lipinski definition) is 6. The third-order valence-electron chi connectivity index (χ3n) is 4.88. The van der Waals surface area contributed by atoms with Gasteiger partial charge < -0.3 is 19.6 Å². The van der Waals surface area contributed by atoms with E-state index >= 15 is 0 Å². The molecule has 0 saturated heterocycles. The number of nitrogens with one attached hydrogen (secondary N) is 2. The van der Waals surface area contributed by atoms with Crippen molar-refractivity contribution in [3.63, 3.8) is 0 Å². The molecule has 0 amide bonds. The summed E-state index contributed by atoms with van der Waals surface area (Å²) in [4.78, 5) is 11.6. The van der Waals surface area contributed by atoms with Crippen molar-refractivity contribution >= 4 is 43.8 Å². The maximum Gasteiger partial charge on any atom is 0.144 e. The maximum atomic E-state index is 9.65. The highest BCUT2D eigenvalue weighted by atomic mass is 32.1. The van der Waals surface area contributed by atoms with Gasteiger partial charge in [-0.3, -0.25) is 0 Å². The Hall–Kier alpha value is -3.60. The number of H-pyrrole nitrogens is 1. The van der Waals surface area contributed by atoms with Gasteiger partial charge in [0.25, 0.3) is 0 Å². The lowest BCUT2D eigenvalue weighted by atomic mass is 10.1. The summed E-state index contributed by atoms with van der Waals surface area (Å²) in [7, 11) is 4.02. The van der Waals surface area contributed by atoms with Gasteiger partial charge in [-0.1, -0.05) is 0 Å². The fourth-order valence-electron chi connectivity index (χ4n) is 3.51. The van der Waals surface area contributed by atoms with E-state index in [4.69, 9.17) is 4.42 Å². The second kappa shape index (κ2) is 7.34. The number of aromatic amines is 1. The maximum absolute atomic E-state index is 9.65. The van der Waals surface area contributed by atoms with Gasteiger partial charge in [-0.2, -0.15) is 5.26 Å². The number of pyridine rings is 1. The van der Waals surface area contributed by atoms with Crippen LogP contribution in [0.3, 0.4) is 0 Å². The van der Waals surface area contributed by atoms with Crippen molar-refractivity contribution in [1.82, 2.24) is 14.9 Å². The van der Waals surface area contributed by atoms with Gasteiger partial charge in [-0.05, 0) is 56.6 Å².